The zero-order chi connectivity index (χ0) is 51.5. The van der Waals surface area contributed by atoms with Crippen molar-refractivity contribution in [2.24, 2.45) is 0 Å². The van der Waals surface area contributed by atoms with Crippen molar-refractivity contribution in [2.75, 3.05) is 9.80 Å². The van der Waals surface area contributed by atoms with Crippen molar-refractivity contribution < 1.29 is 8.83 Å². The first kappa shape index (κ1) is 45.8. The highest BCUT2D eigenvalue weighted by Gasteiger charge is 2.47. The van der Waals surface area contributed by atoms with Gasteiger partial charge >= 0.3 is 0 Å². The molecule has 0 radical (unpaired) electrons. The molecule has 0 unspecified atom stereocenters. The van der Waals surface area contributed by atoms with Crippen LogP contribution in [0.1, 0.15) is 104 Å². The monoisotopic (exact) mass is 974 g/mol. The lowest BCUT2D eigenvalue weighted by molar-refractivity contribution is 0.332. The maximum absolute atomic E-state index is 6.39. The van der Waals surface area contributed by atoms with Gasteiger partial charge in [0, 0.05) is 55.7 Å². The average Bonchev–Trinajstić information content (AvgIpc) is 4.19. The van der Waals surface area contributed by atoms with E-state index in [1.165, 1.54) is 78.1 Å². The van der Waals surface area contributed by atoms with E-state index in [2.05, 4.69) is 249 Å². The fourth-order valence-electron chi connectivity index (χ4n) is 13.1. The molecule has 4 nitrogen and oxygen atoms in total. The molecule has 0 fully saturated rings. The van der Waals surface area contributed by atoms with E-state index in [1.54, 1.807) is 0 Å². The number of rotatable bonds is 4. The predicted molar refractivity (Wildman–Crippen MR) is 319 cm³/mol. The molecule has 0 atom stereocenters. The molecular formula is C70H63BN2O2. The van der Waals surface area contributed by atoms with Gasteiger partial charge in [-0.3, -0.25) is 0 Å². The van der Waals surface area contributed by atoms with Crippen LogP contribution in [0.15, 0.2) is 185 Å². The summed E-state index contributed by atoms with van der Waals surface area (Å²) in [6.45, 7) is 24.0. The van der Waals surface area contributed by atoms with Crippen LogP contribution in [0.25, 0.3) is 66.1 Å². The van der Waals surface area contributed by atoms with E-state index < -0.39 is 0 Å². The summed E-state index contributed by atoms with van der Waals surface area (Å²) in [5, 5.41) is 4.59. The molecule has 4 heterocycles. The minimum Gasteiger partial charge on any atom is -0.456 e. The number of hydrogen-bond acceptors (Lipinski definition) is 4. The summed E-state index contributed by atoms with van der Waals surface area (Å²) in [6.07, 6.45) is 2.30. The summed E-state index contributed by atoms with van der Waals surface area (Å²) in [5.74, 6) is 0. The minimum atomic E-state index is -0.153. The second-order valence-corrected chi connectivity index (χ2v) is 25.2. The molecule has 1 aliphatic carbocycles. The molecule has 0 N–H and O–H groups in total. The second-order valence-electron chi connectivity index (χ2n) is 25.2. The van der Waals surface area contributed by atoms with Gasteiger partial charge in [0.2, 0.25) is 0 Å². The van der Waals surface area contributed by atoms with Crippen molar-refractivity contribution in [3.05, 3.63) is 198 Å². The number of para-hydroxylation sites is 2. The van der Waals surface area contributed by atoms with Crippen LogP contribution < -0.4 is 26.2 Å². The first-order valence-corrected chi connectivity index (χ1v) is 27.1. The molecule has 0 amide bonds. The second kappa shape index (κ2) is 15.9. The zero-order valence-corrected chi connectivity index (χ0v) is 44.9. The fraction of sp³-hybridized carbons (Fsp3) is 0.229. The van der Waals surface area contributed by atoms with Crippen molar-refractivity contribution in [2.45, 2.75) is 104 Å². The van der Waals surface area contributed by atoms with Gasteiger partial charge < -0.3 is 18.6 Å². The van der Waals surface area contributed by atoms with Crippen LogP contribution in [0.2, 0.25) is 0 Å². The molecule has 0 bridgehead atoms. The minimum absolute atomic E-state index is 0.000768. The number of nitrogens with zero attached hydrogens (tertiary/aromatic N) is 2. The Balaban J connectivity index is 1.02. The van der Waals surface area contributed by atoms with Crippen LogP contribution >= 0.6 is 0 Å². The molecule has 2 aromatic heterocycles. The van der Waals surface area contributed by atoms with Gasteiger partial charge in [-0.15, -0.1) is 0 Å². The van der Waals surface area contributed by atoms with E-state index in [1.807, 2.05) is 6.07 Å². The van der Waals surface area contributed by atoms with Crippen molar-refractivity contribution >= 4 is 101 Å². The van der Waals surface area contributed by atoms with E-state index in [-0.39, 0.29) is 28.4 Å². The summed E-state index contributed by atoms with van der Waals surface area (Å²) in [4.78, 5) is 5.22. The maximum atomic E-state index is 6.39. The number of hydrogen-bond donors (Lipinski definition) is 0. The van der Waals surface area contributed by atoms with Crippen molar-refractivity contribution in [1.29, 1.82) is 0 Å². The summed E-state index contributed by atoms with van der Waals surface area (Å²) >= 11 is 0. The molecule has 5 heteroatoms. The fourth-order valence-corrected chi connectivity index (χ4v) is 13.1. The zero-order valence-electron chi connectivity index (χ0n) is 44.9. The standard InChI is InChI=1S/C70H63BN2O2/c1-67(2,3)44-29-34-54-56(37-44)72(46-30-25-42(26-31-46)48-19-15-23-62-64(48)50-17-11-13-21-60(50)74-62)58-38-45(68(4,5)6)39-59-66(58)71(54)55-40-52-53(70(9,10)36-35-69(52,7)8)41-57(55)73(59)47-32-27-43(28-33-47)49-20-16-24-63-65(49)51-18-12-14-22-61(51)75-63/h11-34,37-41H,35-36H2,1-10H3. The molecule has 75 heavy (non-hydrogen) atoms. The van der Waals surface area contributed by atoms with E-state index in [4.69, 9.17) is 8.83 Å². The Labute approximate surface area is 441 Å². The van der Waals surface area contributed by atoms with Crippen LogP contribution in [0.3, 0.4) is 0 Å². The van der Waals surface area contributed by atoms with E-state index >= 15 is 0 Å². The first-order valence-electron chi connectivity index (χ1n) is 27.1. The number of anilines is 6. The average molecular weight is 975 g/mol. The van der Waals surface area contributed by atoms with Crippen LogP contribution in [0.5, 0.6) is 0 Å². The van der Waals surface area contributed by atoms with Crippen molar-refractivity contribution in [1.82, 2.24) is 0 Å². The number of fused-ring (bicyclic) bond motifs is 11. The maximum Gasteiger partial charge on any atom is 0.252 e. The Morgan fingerprint density at radius 2 is 0.853 bits per heavy atom. The Kier molecular flexibility index (Phi) is 9.71. The Bertz CT molecular complexity index is 4140. The van der Waals surface area contributed by atoms with E-state index in [0.717, 1.165) is 73.7 Å². The molecule has 368 valence electrons. The van der Waals surface area contributed by atoms with Gasteiger partial charge in [0.1, 0.15) is 22.3 Å². The normalized spacial score (nSPS) is 15.6. The smallest absolute Gasteiger partial charge is 0.252 e. The molecule has 0 saturated heterocycles. The molecule has 2 aliphatic heterocycles. The molecular weight excluding hydrogens is 912 g/mol. The highest BCUT2D eigenvalue weighted by atomic mass is 16.3. The Morgan fingerprint density at radius 1 is 0.413 bits per heavy atom. The van der Waals surface area contributed by atoms with Crippen LogP contribution in [0, 0.1) is 0 Å². The van der Waals surface area contributed by atoms with Crippen LogP contribution in [0.4, 0.5) is 34.1 Å². The van der Waals surface area contributed by atoms with Crippen LogP contribution in [-0.2, 0) is 21.7 Å². The third-order valence-electron chi connectivity index (χ3n) is 17.5. The molecule has 3 aliphatic rings. The molecule has 11 aromatic rings. The van der Waals surface area contributed by atoms with Crippen molar-refractivity contribution in [3.63, 3.8) is 0 Å². The third-order valence-corrected chi connectivity index (χ3v) is 17.5. The predicted octanol–water partition coefficient (Wildman–Crippen LogP) is 17.8. The van der Waals surface area contributed by atoms with Gasteiger partial charge in [-0.25, -0.2) is 0 Å². The lowest BCUT2D eigenvalue weighted by Crippen LogP contribution is -2.62. The highest BCUT2D eigenvalue weighted by molar-refractivity contribution is 7.00. The lowest BCUT2D eigenvalue weighted by Gasteiger charge is -2.48. The van der Waals surface area contributed by atoms with Gasteiger partial charge in [-0.2, -0.15) is 0 Å². The van der Waals surface area contributed by atoms with Gasteiger partial charge in [0.15, 0.2) is 0 Å². The number of furan rings is 2. The Morgan fingerprint density at radius 3 is 1.35 bits per heavy atom. The van der Waals surface area contributed by atoms with Crippen LogP contribution in [-0.4, -0.2) is 6.71 Å². The molecule has 14 rings (SSSR count). The van der Waals surface area contributed by atoms with Gasteiger partial charge in [-0.05, 0) is 168 Å². The highest BCUT2D eigenvalue weighted by Crippen LogP contribution is 2.52. The first-order chi connectivity index (χ1) is 35.9. The van der Waals surface area contributed by atoms with Gasteiger partial charge in [-0.1, -0.05) is 172 Å². The quantitative estimate of drug-likeness (QED) is 0.165. The van der Waals surface area contributed by atoms with Gasteiger partial charge in [0.05, 0.1) is 0 Å². The third kappa shape index (κ3) is 6.96. The summed E-state index contributed by atoms with van der Waals surface area (Å²) in [7, 11) is 0. The lowest BCUT2D eigenvalue weighted by atomic mass is 9.33. The molecule has 9 aromatic carbocycles. The van der Waals surface area contributed by atoms with E-state index in [0.29, 0.717) is 0 Å². The van der Waals surface area contributed by atoms with E-state index in [9.17, 15) is 0 Å². The van der Waals surface area contributed by atoms with Crippen molar-refractivity contribution in [3.8, 4) is 22.3 Å². The summed E-state index contributed by atoms with van der Waals surface area (Å²) < 4.78 is 12.8. The molecule has 0 spiro atoms. The molecule has 0 saturated carbocycles. The summed E-state index contributed by atoms with van der Waals surface area (Å²) in [6, 6.07) is 66.1. The Hall–Kier alpha value is -7.76. The van der Waals surface area contributed by atoms with Gasteiger partial charge in [0.25, 0.3) is 6.71 Å². The summed E-state index contributed by atoms with van der Waals surface area (Å²) in [5.41, 5.74) is 25.1. The SMILES string of the molecule is CC(C)(C)c1ccc2c(c1)N(c1ccc(-c3cccc4oc5ccccc5c34)cc1)c1cc(C(C)(C)C)cc3c1B2c1cc2c(cc1N3c1ccc(-c3cccc4oc5ccccc5c34)cc1)C(C)(C)CCC2(C)C. The topological polar surface area (TPSA) is 32.8 Å². The number of benzene rings is 9. The largest absolute Gasteiger partial charge is 0.456 e.